The summed E-state index contributed by atoms with van der Waals surface area (Å²) in [6.07, 6.45) is 0. The van der Waals surface area contributed by atoms with Crippen LogP contribution in [0.2, 0.25) is 0 Å². The molecular formula is C20H17N3O5S. The fourth-order valence-corrected chi connectivity index (χ4v) is 3.62. The molecule has 0 bridgehead atoms. The van der Waals surface area contributed by atoms with Crippen molar-refractivity contribution >= 4 is 33.1 Å². The van der Waals surface area contributed by atoms with Crippen molar-refractivity contribution in [3.05, 3.63) is 52.9 Å². The van der Waals surface area contributed by atoms with Crippen LogP contribution in [0.1, 0.15) is 0 Å². The fourth-order valence-electron chi connectivity index (χ4n) is 2.85. The van der Waals surface area contributed by atoms with Gasteiger partial charge in [-0.3, -0.25) is 0 Å². The molecule has 0 atom stereocenters. The van der Waals surface area contributed by atoms with Crippen LogP contribution in [0.4, 0.5) is 10.8 Å². The molecule has 9 heteroatoms. The predicted molar refractivity (Wildman–Crippen MR) is 111 cm³/mol. The lowest BCUT2D eigenvalue weighted by molar-refractivity contribution is 0.355. The highest BCUT2D eigenvalue weighted by molar-refractivity contribution is 7.18. The van der Waals surface area contributed by atoms with Gasteiger partial charge in [0.1, 0.15) is 0 Å². The van der Waals surface area contributed by atoms with Crippen LogP contribution in [0.5, 0.6) is 17.2 Å². The quantitative estimate of drug-likeness (QED) is 0.474. The van der Waals surface area contributed by atoms with Crippen molar-refractivity contribution in [2.24, 2.45) is 0 Å². The SMILES string of the molecule is COc1ccc(Nc2nnc(-c3cc4cccc(OC)c4oc3=O)s2)cc1OC. The zero-order valence-electron chi connectivity index (χ0n) is 15.9. The fraction of sp³-hybridized carbons (Fsp3) is 0.150. The summed E-state index contributed by atoms with van der Waals surface area (Å²) in [5, 5.41) is 13.1. The molecule has 8 nitrogen and oxygen atoms in total. The molecule has 0 aliphatic heterocycles. The third kappa shape index (κ3) is 3.59. The second kappa shape index (κ2) is 7.80. The van der Waals surface area contributed by atoms with Gasteiger partial charge in [0.15, 0.2) is 27.8 Å². The molecule has 29 heavy (non-hydrogen) atoms. The molecule has 1 N–H and O–H groups in total. The highest BCUT2D eigenvalue weighted by Crippen LogP contribution is 2.33. The Bertz CT molecular complexity index is 1230. The maximum atomic E-state index is 12.5. The minimum absolute atomic E-state index is 0.337. The van der Waals surface area contributed by atoms with Crippen molar-refractivity contribution in [1.29, 1.82) is 0 Å². The smallest absolute Gasteiger partial charge is 0.346 e. The van der Waals surface area contributed by atoms with Gasteiger partial charge in [-0.15, -0.1) is 10.2 Å². The molecule has 4 aromatic rings. The van der Waals surface area contributed by atoms with E-state index in [-0.39, 0.29) is 0 Å². The van der Waals surface area contributed by atoms with E-state index in [4.69, 9.17) is 18.6 Å². The Morgan fingerprint density at radius 1 is 0.931 bits per heavy atom. The van der Waals surface area contributed by atoms with Crippen LogP contribution in [-0.4, -0.2) is 31.5 Å². The van der Waals surface area contributed by atoms with Crippen molar-refractivity contribution in [1.82, 2.24) is 10.2 Å². The third-order valence-electron chi connectivity index (χ3n) is 4.23. The van der Waals surface area contributed by atoms with Crippen LogP contribution in [0, 0.1) is 0 Å². The van der Waals surface area contributed by atoms with E-state index >= 15 is 0 Å². The second-order valence-electron chi connectivity index (χ2n) is 5.93. The molecular weight excluding hydrogens is 394 g/mol. The van der Waals surface area contributed by atoms with E-state index in [0.29, 0.717) is 38.5 Å². The summed E-state index contributed by atoms with van der Waals surface area (Å²) < 4.78 is 21.2. The molecule has 0 aliphatic rings. The van der Waals surface area contributed by atoms with Crippen molar-refractivity contribution < 1.29 is 18.6 Å². The summed E-state index contributed by atoms with van der Waals surface area (Å²) in [5.74, 6) is 1.71. The summed E-state index contributed by atoms with van der Waals surface area (Å²) in [5.41, 5.74) is 0.983. The topological polar surface area (TPSA) is 95.7 Å². The lowest BCUT2D eigenvalue weighted by Crippen LogP contribution is -2.03. The normalized spacial score (nSPS) is 10.7. The van der Waals surface area contributed by atoms with Gasteiger partial charge in [-0.1, -0.05) is 23.5 Å². The minimum Gasteiger partial charge on any atom is -0.493 e. The van der Waals surface area contributed by atoms with Crippen molar-refractivity contribution in [2.75, 3.05) is 26.6 Å². The van der Waals surface area contributed by atoms with Gasteiger partial charge in [-0.2, -0.15) is 0 Å². The molecule has 2 heterocycles. The molecule has 148 valence electrons. The zero-order chi connectivity index (χ0) is 20.4. The standard InChI is InChI=1S/C20H17N3O5S/c1-25-14-8-7-12(10-16(14)27-3)21-20-23-22-18(29-20)13-9-11-5-4-6-15(26-2)17(11)28-19(13)24/h4-10H,1-3H3,(H,21,23). The number of nitrogens with one attached hydrogen (secondary N) is 1. The molecule has 0 fully saturated rings. The number of nitrogens with zero attached hydrogens (tertiary/aromatic N) is 2. The molecule has 0 unspecified atom stereocenters. The molecule has 0 radical (unpaired) electrons. The van der Waals surface area contributed by atoms with Crippen LogP contribution in [0.3, 0.4) is 0 Å². The van der Waals surface area contributed by atoms with E-state index in [1.54, 1.807) is 38.5 Å². The summed E-state index contributed by atoms with van der Waals surface area (Å²) in [4.78, 5) is 12.5. The Morgan fingerprint density at radius 2 is 1.72 bits per heavy atom. The van der Waals surface area contributed by atoms with Crippen LogP contribution in [-0.2, 0) is 0 Å². The third-order valence-corrected chi connectivity index (χ3v) is 5.11. The van der Waals surface area contributed by atoms with Crippen LogP contribution < -0.4 is 25.2 Å². The van der Waals surface area contributed by atoms with Gasteiger partial charge in [0, 0.05) is 17.1 Å². The lowest BCUT2D eigenvalue weighted by atomic mass is 10.2. The minimum atomic E-state index is -0.504. The van der Waals surface area contributed by atoms with E-state index in [9.17, 15) is 4.79 Å². The summed E-state index contributed by atoms with van der Waals surface area (Å²) in [7, 11) is 4.67. The number of anilines is 2. The number of ether oxygens (including phenoxy) is 3. The van der Waals surface area contributed by atoms with E-state index in [1.165, 1.54) is 18.4 Å². The van der Waals surface area contributed by atoms with Crippen LogP contribution in [0.15, 0.2) is 51.7 Å². The first-order chi connectivity index (χ1) is 14.1. The number of para-hydroxylation sites is 1. The lowest BCUT2D eigenvalue weighted by Gasteiger charge is -2.09. The zero-order valence-corrected chi connectivity index (χ0v) is 16.7. The van der Waals surface area contributed by atoms with Gasteiger partial charge < -0.3 is 23.9 Å². The van der Waals surface area contributed by atoms with Crippen molar-refractivity contribution in [2.45, 2.75) is 0 Å². The van der Waals surface area contributed by atoms with Gasteiger partial charge in [0.05, 0.1) is 26.9 Å². The number of hydrogen-bond donors (Lipinski definition) is 1. The maximum Gasteiger partial charge on any atom is 0.346 e. The average molecular weight is 411 g/mol. The van der Waals surface area contributed by atoms with Gasteiger partial charge in [-0.05, 0) is 24.3 Å². The molecule has 0 spiro atoms. The monoisotopic (exact) mass is 411 g/mol. The Kier molecular flexibility index (Phi) is 5.05. The number of hydrogen-bond acceptors (Lipinski definition) is 9. The first kappa shape index (κ1) is 18.8. The number of methoxy groups -OCH3 is 3. The van der Waals surface area contributed by atoms with E-state index < -0.39 is 5.63 Å². The Morgan fingerprint density at radius 3 is 2.48 bits per heavy atom. The van der Waals surface area contributed by atoms with E-state index in [1.807, 2.05) is 18.2 Å². The van der Waals surface area contributed by atoms with Crippen LogP contribution >= 0.6 is 11.3 Å². The molecule has 0 aliphatic carbocycles. The van der Waals surface area contributed by atoms with Gasteiger partial charge >= 0.3 is 5.63 Å². The summed E-state index contributed by atoms with van der Waals surface area (Å²) in [6.45, 7) is 0. The second-order valence-corrected chi connectivity index (χ2v) is 6.91. The highest BCUT2D eigenvalue weighted by Gasteiger charge is 2.15. The highest BCUT2D eigenvalue weighted by atomic mass is 32.1. The summed E-state index contributed by atoms with van der Waals surface area (Å²) >= 11 is 1.24. The van der Waals surface area contributed by atoms with E-state index in [0.717, 1.165) is 11.1 Å². The van der Waals surface area contributed by atoms with Gasteiger partial charge in [0.2, 0.25) is 5.13 Å². The largest absolute Gasteiger partial charge is 0.493 e. The number of benzene rings is 2. The van der Waals surface area contributed by atoms with Gasteiger partial charge in [0.25, 0.3) is 0 Å². The number of aromatic nitrogens is 2. The maximum absolute atomic E-state index is 12.5. The number of rotatable bonds is 6. The molecule has 4 rings (SSSR count). The molecule has 0 saturated heterocycles. The Labute approximate surface area is 169 Å². The van der Waals surface area contributed by atoms with Gasteiger partial charge in [-0.25, -0.2) is 4.79 Å². The first-order valence-electron chi connectivity index (χ1n) is 8.56. The Hall–Kier alpha value is -3.59. The molecule has 0 saturated carbocycles. The van der Waals surface area contributed by atoms with Crippen molar-refractivity contribution in [3.63, 3.8) is 0 Å². The average Bonchev–Trinajstić information content (AvgIpc) is 3.20. The first-order valence-corrected chi connectivity index (χ1v) is 9.38. The molecule has 2 aromatic carbocycles. The predicted octanol–water partition coefficient (Wildman–Crippen LogP) is 4.08. The molecule has 2 aromatic heterocycles. The summed E-state index contributed by atoms with van der Waals surface area (Å²) in [6, 6.07) is 12.5. The van der Waals surface area contributed by atoms with Crippen LogP contribution in [0.25, 0.3) is 21.5 Å². The Balaban J connectivity index is 1.66. The number of fused-ring (bicyclic) bond motifs is 1. The molecule has 0 amide bonds. The van der Waals surface area contributed by atoms with Crippen molar-refractivity contribution in [3.8, 4) is 27.8 Å². The van der Waals surface area contributed by atoms with E-state index in [2.05, 4.69) is 15.5 Å².